The molecule has 1 aromatic heterocycles. The lowest BCUT2D eigenvalue weighted by Gasteiger charge is -2.14. The molecule has 1 unspecified atom stereocenters. The van der Waals surface area contributed by atoms with Gasteiger partial charge in [-0.3, -0.25) is 4.68 Å². The van der Waals surface area contributed by atoms with Crippen molar-refractivity contribution in [2.75, 3.05) is 6.54 Å². The monoisotopic (exact) mass is 217 g/mol. The van der Waals surface area contributed by atoms with Crippen molar-refractivity contribution in [2.45, 2.75) is 33.2 Å². The highest BCUT2D eigenvalue weighted by Gasteiger charge is 2.16. The van der Waals surface area contributed by atoms with Gasteiger partial charge in [0.15, 0.2) is 0 Å². The number of hydrogen-bond donors (Lipinski definition) is 1. The van der Waals surface area contributed by atoms with Crippen molar-refractivity contribution in [3.8, 4) is 0 Å². The van der Waals surface area contributed by atoms with Gasteiger partial charge in [-0.25, -0.2) is 8.78 Å². The Morgan fingerprint density at radius 1 is 1.40 bits per heavy atom. The second kappa shape index (κ2) is 4.70. The summed E-state index contributed by atoms with van der Waals surface area (Å²) >= 11 is 0. The summed E-state index contributed by atoms with van der Waals surface area (Å²) in [6.07, 6.45) is -2.32. The lowest BCUT2D eigenvalue weighted by molar-refractivity contribution is 0.142. The fourth-order valence-corrected chi connectivity index (χ4v) is 1.78. The maximum atomic E-state index is 12.0. The largest absolute Gasteiger partial charge is 0.305 e. The molecule has 1 heterocycles. The van der Waals surface area contributed by atoms with Crippen LogP contribution in [0.3, 0.4) is 0 Å². The number of aryl methyl sites for hydroxylation is 2. The van der Waals surface area contributed by atoms with Gasteiger partial charge in [0.25, 0.3) is 6.43 Å². The van der Waals surface area contributed by atoms with Crippen molar-refractivity contribution in [1.82, 2.24) is 15.1 Å². The fraction of sp³-hybridized carbons (Fsp3) is 0.700. The van der Waals surface area contributed by atoms with E-state index in [0.717, 1.165) is 17.0 Å². The molecule has 1 rings (SSSR count). The third-order valence-corrected chi connectivity index (χ3v) is 2.58. The second-order valence-corrected chi connectivity index (χ2v) is 3.73. The lowest BCUT2D eigenvalue weighted by Crippen LogP contribution is -2.25. The molecule has 0 aliphatic carbocycles. The van der Waals surface area contributed by atoms with Crippen molar-refractivity contribution in [2.24, 2.45) is 7.05 Å². The molecule has 1 aromatic rings. The molecule has 0 spiro atoms. The maximum absolute atomic E-state index is 12.0. The first-order valence-corrected chi connectivity index (χ1v) is 4.95. The fourth-order valence-electron chi connectivity index (χ4n) is 1.78. The zero-order valence-electron chi connectivity index (χ0n) is 9.51. The molecule has 0 aliphatic rings. The number of halogens is 2. The van der Waals surface area contributed by atoms with Gasteiger partial charge in [-0.2, -0.15) is 5.10 Å². The maximum Gasteiger partial charge on any atom is 0.250 e. The van der Waals surface area contributed by atoms with Crippen LogP contribution in [0.5, 0.6) is 0 Å². The average molecular weight is 217 g/mol. The first kappa shape index (κ1) is 12.1. The van der Waals surface area contributed by atoms with E-state index in [2.05, 4.69) is 10.4 Å². The minimum absolute atomic E-state index is 0.0901. The summed E-state index contributed by atoms with van der Waals surface area (Å²) in [5, 5.41) is 7.04. The van der Waals surface area contributed by atoms with Crippen LogP contribution in [0.1, 0.15) is 29.9 Å². The van der Waals surface area contributed by atoms with Gasteiger partial charge in [0.2, 0.25) is 0 Å². The zero-order valence-corrected chi connectivity index (χ0v) is 9.51. The van der Waals surface area contributed by atoms with E-state index in [4.69, 9.17) is 0 Å². The lowest BCUT2D eigenvalue weighted by atomic mass is 10.1. The molecule has 15 heavy (non-hydrogen) atoms. The molecule has 0 bridgehead atoms. The van der Waals surface area contributed by atoms with Crippen molar-refractivity contribution in [1.29, 1.82) is 0 Å². The van der Waals surface area contributed by atoms with E-state index in [1.54, 1.807) is 4.68 Å². The van der Waals surface area contributed by atoms with Gasteiger partial charge in [0, 0.05) is 24.3 Å². The van der Waals surface area contributed by atoms with E-state index < -0.39 is 6.43 Å². The molecule has 0 aliphatic heterocycles. The Kier molecular flexibility index (Phi) is 3.79. The summed E-state index contributed by atoms with van der Waals surface area (Å²) in [6.45, 7) is 5.42. The van der Waals surface area contributed by atoms with Crippen LogP contribution in [0, 0.1) is 13.8 Å². The van der Waals surface area contributed by atoms with Crippen molar-refractivity contribution in [3.63, 3.8) is 0 Å². The highest BCUT2D eigenvalue weighted by molar-refractivity contribution is 5.27. The van der Waals surface area contributed by atoms with Gasteiger partial charge < -0.3 is 5.32 Å². The average Bonchev–Trinajstić information content (AvgIpc) is 2.37. The molecule has 0 saturated carbocycles. The van der Waals surface area contributed by atoms with Gasteiger partial charge in [-0.05, 0) is 20.8 Å². The van der Waals surface area contributed by atoms with E-state index in [1.165, 1.54) is 0 Å². The van der Waals surface area contributed by atoms with Crippen LogP contribution in [0.2, 0.25) is 0 Å². The summed E-state index contributed by atoms with van der Waals surface area (Å²) in [4.78, 5) is 0. The molecule has 0 aromatic carbocycles. The highest BCUT2D eigenvalue weighted by Crippen LogP contribution is 2.20. The van der Waals surface area contributed by atoms with E-state index in [0.29, 0.717) is 0 Å². The molecule has 1 N–H and O–H groups in total. The van der Waals surface area contributed by atoms with E-state index in [9.17, 15) is 8.78 Å². The van der Waals surface area contributed by atoms with Crippen LogP contribution in [0.25, 0.3) is 0 Å². The van der Waals surface area contributed by atoms with E-state index in [-0.39, 0.29) is 12.6 Å². The van der Waals surface area contributed by atoms with Crippen LogP contribution in [0.15, 0.2) is 0 Å². The Labute approximate surface area is 88.5 Å². The summed E-state index contributed by atoms with van der Waals surface area (Å²) in [6, 6.07) is -0.0901. The van der Waals surface area contributed by atoms with Crippen LogP contribution in [0.4, 0.5) is 8.78 Å². The van der Waals surface area contributed by atoms with Gasteiger partial charge in [0.1, 0.15) is 0 Å². The Morgan fingerprint density at radius 3 is 2.40 bits per heavy atom. The Morgan fingerprint density at radius 2 is 2.00 bits per heavy atom. The number of aromatic nitrogens is 2. The molecule has 0 radical (unpaired) electrons. The molecular weight excluding hydrogens is 200 g/mol. The SMILES string of the molecule is Cc1nn(C)c(C)c1C(C)NCC(F)F. The predicted octanol–water partition coefficient (Wildman–Crippen LogP) is 1.95. The van der Waals surface area contributed by atoms with E-state index >= 15 is 0 Å². The quantitative estimate of drug-likeness (QED) is 0.835. The first-order chi connectivity index (χ1) is 6.93. The molecule has 0 fully saturated rings. The molecule has 1 atom stereocenters. The molecule has 3 nitrogen and oxygen atoms in total. The molecule has 0 saturated heterocycles. The van der Waals surface area contributed by atoms with Crippen LogP contribution >= 0.6 is 0 Å². The zero-order chi connectivity index (χ0) is 11.6. The predicted molar refractivity (Wildman–Crippen MR) is 55.1 cm³/mol. The Balaban J connectivity index is 2.77. The van der Waals surface area contributed by atoms with Crippen molar-refractivity contribution in [3.05, 3.63) is 17.0 Å². The van der Waals surface area contributed by atoms with Gasteiger partial charge in [0.05, 0.1) is 12.2 Å². The second-order valence-electron chi connectivity index (χ2n) is 3.73. The topological polar surface area (TPSA) is 29.9 Å². The number of nitrogens with zero attached hydrogens (tertiary/aromatic N) is 2. The normalized spacial score (nSPS) is 13.5. The minimum Gasteiger partial charge on any atom is -0.305 e. The van der Waals surface area contributed by atoms with Crippen LogP contribution in [-0.2, 0) is 7.05 Å². The number of hydrogen-bond acceptors (Lipinski definition) is 2. The smallest absolute Gasteiger partial charge is 0.250 e. The number of alkyl halides is 2. The number of nitrogens with one attached hydrogen (secondary N) is 1. The third-order valence-electron chi connectivity index (χ3n) is 2.58. The molecule has 86 valence electrons. The van der Waals surface area contributed by atoms with Crippen molar-refractivity contribution < 1.29 is 8.78 Å². The highest BCUT2D eigenvalue weighted by atomic mass is 19.3. The minimum atomic E-state index is -2.32. The number of rotatable bonds is 4. The van der Waals surface area contributed by atoms with Gasteiger partial charge >= 0.3 is 0 Å². The summed E-state index contributed by atoms with van der Waals surface area (Å²) < 4.78 is 25.8. The summed E-state index contributed by atoms with van der Waals surface area (Å²) in [7, 11) is 1.85. The molecule has 0 amide bonds. The first-order valence-electron chi connectivity index (χ1n) is 4.95. The van der Waals surface area contributed by atoms with Crippen molar-refractivity contribution >= 4 is 0 Å². The Bertz CT molecular complexity index is 334. The van der Waals surface area contributed by atoms with Crippen LogP contribution in [-0.4, -0.2) is 22.8 Å². The third kappa shape index (κ3) is 2.75. The van der Waals surface area contributed by atoms with Gasteiger partial charge in [-0.1, -0.05) is 0 Å². The standard InChI is InChI=1S/C10H17F2N3/c1-6(13-5-9(11)12)10-7(2)14-15(4)8(10)3/h6,9,13H,5H2,1-4H3. The Hall–Kier alpha value is -0.970. The van der Waals surface area contributed by atoms with Gasteiger partial charge in [-0.15, -0.1) is 0 Å². The molecule has 5 heteroatoms. The summed E-state index contributed by atoms with van der Waals surface area (Å²) in [5.74, 6) is 0. The molecular formula is C10H17F2N3. The summed E-state index contributed by atoms with van der Waals surface area (Å²) in [5.41, 5.74) is 2.92. The van der Waals surface area contributed by atoms with Crippen LogP contribution < -0.4 is 5.32 Å². The van der Waals surface area contributed by atoms with E-state index in [1.807, 2.05) is 27.8 Å².